The molecule has 0 saturated carbocycles. The van der Waals surface area contributed by atoms with E-state index in [1.165, 1.54) is 5.56 Å². The van der Waals surface area contributed by atoms with Gasteiger partial charge in [0, 0.05) is 29.6 Å². The van der Waals surface area contributed by atoms with Crippen molar-refractivity contribution in [3.63, 3.8) is 0 Å². The minimum absolute atomic E-state index is 0.0580. The van der Waals surface area contributed by atoms with E-state index in [1.54, 1.807) is 0 Å². The average molecular weight is 263 g/mol. The molecule has 0 aliphatic carbocycles. The molecule has 0 unspecified atom stereocenters. The molecule has 1 aliphatic heterocycles. The number of hydrogen-bond acceptors (Lipinski definition) is 2. The summed E-state index contributed by atoms with van der Waals surface area (Å²) < 4.78 is 0. The van der Waals surface area contributed by atoms with Crippen LogP contribution in [0.3, 0.4) is 0 Å². The molecule has 1 aliphatic rings. The molecule has 0 N–H and O–H groups in total. The number of hydrogen-bond donors (Lipinski definition) is 0. The Balaban J connectivity index is 2.26. The Bertz CT molecular complexity index is 470. The van der Waals surface area contributed by atoms with Gasteiger partial charge >= 0.3 is 0 Å². The van der Waals surface area contributed by atoms with Crippen LogP contribution in [0.2, 0.25) is 5.02 Å². The van der Waals surface area contributed by atoms with E-state index < -0.39 is 0 Å². The van der Waals surface area contributed by atoms with E-state index in [2.05, 4.69) is 37.8 Å². The molecule has 2 rings (SSSR count). The zero-order valence-electron chi connectivity index (χ0n) is 11.2. The lowest BCUT2D eigenvalue weighted by atomic mass is 9.90. The highest BCUT2D eigenvalue weighted by Crippen LogP contribution is 2.36. The molecule has 1 fully saturated rings. The average Bonchev–Trinajstić information content (AvgIpc) is 2.72. The topological polar surface area (TPSA) is 27.0 Å². The van der Waals surface area contributed by atoms with Crippen LogP contribution in [0.15, 0.2) is 24.3 Å². The van der Waals surface area contributed by atoms with Gasteiger partial charge in [0.2, 0.25) is 0 Å². The third-order valence-corrected chi connectivity index (χ3v) is 3.95. The second-order valence-corrected chi connectivity index (χ2v) is 6.41. The fraction of sp³-hybridized carbons (Fsp3) is 0.533. The largest absolute Gasteiger partial charge is 0.297 e. The van der Waals surface area contributed by atoms with Crippen LogP contribution in [0.4, 0.5) is 0 Å². The van der Waals surface area contributed by atoms with Crippen molar-refractivity contribution < 1.29 is 0 Å². The van der Waals surface area contributed by atoms with Crippen LogP contribution in [0.5, 0.6) is 0 Å². The van der Waals surface area contributed by atoms with Crippen molar-refractivity contribution in [2.24, 2.45) is 5.92 Å². The third-order valence-electron chi connectivity index (χ3n) is 3.71. The van der Waals surface area contributed by atoms with Crippen molar-refractivity contribution in [1.29, 1.82) is 5.26 Å². The van der Waals surface area contributed by atoms with Crippen molar-refractivity contribution in [3.8, 4) is 6.07 Å². The first-order valence-corrected chi connectivity index (χ1v) is 6.70. The van der Waals surface area contributed by atoms with E-state index in [4.69, 9.17) is 11.6 Å². The molecule has 0 spiro atoms. The molecule has 2 atom stereocenters. The summed E-state index contributed by atoms with van der Waals surface area (Å²) in [7, 11) is 0. The molecular weight excluding hydrogens is 244 g/mol. The van der Waals surface area contributed by atoms with Gasteiger partial charge in [0.15, 0.2) is 0 Å². The van der Waals surface area contributed by atoms with Gasteiger partial charge in [-0.15, -0.1) is 0 Å². The standard InChI is InChI=1S/C15H19ClN2/c1-15(2,3)18-9-12(8-17)14(10-18)11-5-4-6-13(16)7-11/h4-7,12,14H,9-10H2,1-3H3/t12-,14+/m0/s1. The van der Waals surface area contributed by atoms with Crippen LogP contribution in [-0.4, -0.2) is 23.5 Å². The number of likely N-dealkylation sites (tertiary alicyclic amines) is 1. The maximum absolute atomic E-state index is 9.34. The minimum atomic E-state index is 0.0580. The van der Waals surface area contributed by atoms with Gasteiger partial charge in [-0.3, -0.25) is 4.90 Å². The van der Waals surface area contributed by atoms with Gasteiger partial charge in [0.25, 0.3) is 0 Å². The summed E-state index contributed by atoms with van der Waals surface area (Å²) in [5, 5.41) is 10.1. The maximum Gasteiger partial charge on any atom is 0.0676 e. The predicted octanol–water partition coefficient (Wildman–Crippen LogP) is 3.68. The molecule has 0 amide bonds. The third kappa shape index (κ3) is 2.68. The Labute approximate surface area is 114 Å². The molecule has 2 nitrogen and oxygen atoms in total. The van der Waals surface area contributed by atoms with Crippen LogP contribution >= 0.6 is 11.6 Å². The van der Waals surface area contributed by atoms with E-state index in [1.807, 2.05) is 18.2 Å². The lowest BCUT2D eigenvalue weighted by molar-refractivity contribution is 0.170. The lowest BCUT2D eigenvalue weighted by Gasteiger charge is -2.31. The van der Waals surface area contributed by atoms with Crippen LogP contribution in [0.25, 0.3) is 0 Å². The number of halogens is 1. The van der Waals surface area contributed by atoms with Crippen molar-refractivity contribution in [2.75, 3.05) is 13.1 Å². The molecule has 1 heterocycles. The summed E-state index contributed by atoms with van der Waals surface area (Å²) in [5.41, 5.74) is 1.29. The monoisotopic (exact) mass is 262 g/mol. The summed E-state index contributed by atoms with van der Waals surface area (Å²) in [6.07, 6.45) is 0. The fourth-order valence-electron chi connectivity index (χ4n) is 2.56. The zero-order chi connectivity index (χ0) is 13.3. The minimum Gasteiger partial charge on any atom is -0.297 e. The first kappa shape index (κ1) is 13.4. The molecule has 18 heavy (non-hydrogen) atoms. The summed E-state index contributed by atoms with van der Waals surface area (Å²) in [5.74, 6) is 0.329. The maximum atomic E-state index is 9.34. The van der Waals surface area contributed by atoms with Gasteiger partial charge in [-0.05, 0) is 38.5 Å². The fourth-order valence-corrected chi connectivity index (χ4v) is 2.76. The normalized spacial score (nSPS) is 25.1. The van der Waals surface area contributed by atoms with Gasteiger partial charge < -0.3 is 0 Å². The van der Waals surface area contributed by atoms with Crippen LogP contribution in [0.1, 0.15) is 32.3 Å². The van der Waals surface area contributed by atoms with Gasteiger partial charge in [-0.25, -0.2) is 0 Å². The van der Waals surface area contributed by atoms with Gasteiger partial charge in [-0.1, -0.05) is 23.7 Å². The van der Waals surface area contributed by atoms with Crippen molar-refractivity contribution in [1.82, 2.24) is 4.90 Å². The molecule has 0 bridgehead atoms. The number of nitrogens with zero attached hydrogens (tertiary/aromatic N) is 2. The summed E-state index contributed by atoms with van der Waals surface area (Å²) in [4.78, 5) is 2.38. The van der Waals surface area contributed by atoms with E-state index in [0.29, 0.717) is 0 Å². The Morgan fingerprint density at radius 3 is 2.61 bits per heavy atom. The summed E-state index contributed by atoms with van der Waals surface area (Å²) in [6.45, 7) is 8.37. The SMILES string of the molecule is CC(C)(C)N1C[C@H](c2cccc(Cl)c2)[C@@H](C#N)C1. The smallest absolute Gasteiger partial charge is 0.0676 e. The first-order valence-electron chi connectivity index (χ1n) is 6.32. The second kappa shape index (κ2) is 4.91. The van der Waals surface area contributed by atoms with Crippen molar-refractivity contribution >= 4 is 11.6 Å². The van der Waals surface area contributed by atoms with Gasteiger partial charge in [-0.2, -0.15) is 5.26 Å². The Morgan fingerprint density at radius 1 is 1.33 bits per heavy atom. The Hall–Kier alpha value is -1.04. The van der Waals surface area contributed by atoms with Crippen LogP contribution < -0.4 is 0 Å². The Kier molecular flexibility index (Phi) is 3.66. The van der Waals surface area contributed by atoms with Gasteiger partial charge in [0.05, 0.1) is 12.0 Å². The van der Waals surface area contributed by atoms with Crippen LogP contribution in [0, 0.1) is 17.2 Å². The number of benzene rings is 1. The molecule has 1 aromatic carbocycles. The van der Waals surface area contributed by atoms with E-state index in [-0.39, 0.29) is 17.4 Å². The summed E-state index contributed by atoms with van der Waals surface area (Å²) in [6, 6.07) is 10.4. The van der Waals surface area contributed by atoms with E-state index >= 15 is 0 Å². The van der Waals surface area contributed by atoms with Crippen molar-refractivity contribution in [2.45, 2.75) is 32.2 Å². The molecular formula is C15H19ClN2. The Morgan fingerprint density at radius 2 is 2.06 bits per heavy atom. The first-order chi connectivity index (χ1) is 8.41. The number of rotatable bonds is 1. The molecule has 0 aromatic heterocycles. The molecule has 3 heteroatoms. The molecule has 0 radical (unpaired) electrons. The number of nitriles is 1. The van der Waals surface area contributed by atoms with E-state index in [0.717, 1.165) is 18.1 Å². The van der Waals surface area contributed by atoms with Gasteiger partial charge in [0.1, 0.15) is 0 Å². The highest BCUT2D eigenvalue weighted by atomic mass is 35.5. The van der Waals surface area contributed by atoms with Crippen LogP contribution in [-0.2, 0) is 0 Å². The zero-order valence-corrected chi connectivity index (χ0v) is 11.9. The predicted molar refractivity (Wildman–Crippen MR) is 74.6 cm³/mol. The quantitative estimate of drug-likeness (QED) is 0.772. The van der Waals surface area contributed by atoms with Crippen molar-refractivity contribution in [3.05, 3.63) is 34.9 Å². The van der Waals surface area contributed by atoms with E-state index in [9.17, 15) is 5.26 Å². The highest BCUT2D eigenvalue weighted by Gasteiger charge is 2.38. The molecule has 1 saturated heterocycles. The highest BCUT2D eigenvalue weighted by molar-refractivity contribution is 6.30. The summed E-state index contributed by atoms with van der Waals surface area (Å²) >= 11 is 6.04. The lowest BCUT2D eigenvalue weighted by Crippen LogP contribution is -2.39. The molecule has 96 valence electrons. The second-order valence-electron chi connectivity index (χ2n) is 5.97. The molecule has 1 aromatic rings.